The third-order valence-electron chi connectivity index (χ3n) is 2.95. The minimum absolute atomic E-state index is 0.0240. The largest absolute Gasteiger partial charge is 0.476 e. The highest BCUT2D eigenvalue weighted by molar-refractivity contribution is 5.86. The van der Waals surface area contributed by atoms with Crippen LogP contribution in [0.1, 0.15) is 35.9 Å². The molecule has 0 bridgehead atoms. The summed E-state index contributed by atoms with van der Waals surface area (Å²) in [6.07, 6.45) is 2.82. The van der Waals surface area contributed by atoms with Crippen molar-refractivity contribution < 1.29 is 14.7 Å². The van der Waals surface area contributed by atoms with E-state index in [1.165, 1.54) is 17.5 Å². The molecule has 0 aromatic carbocycles. The number of aromatic carboxylic acids is 1. The van der Waals surface area contributed by atoms with Gasteiger partial charge in [-0.15, -0.1) is 5.10 Å². The smallest absolute Gasteiger partial charge is 0.358 e. The van der Waals surface area contributed by atoms with Crippen LogP contribution >= 0.6 is 0 Å². The Morgan fingerprint density at radius 3 is 2.78 bits per heavy atom. The number of carboxylic acid groups (broad SMARTS) is 1. The van der Waals surface area contributed by atoms with Gasteiger partial charge < -0.3 is 10.4 Å². The van der Waals surface area contributed by atoms with E-state index >= 15 is 0 Å². The molecular formula is C11H16N4O3. The molecule has 1 aliphatic carbocycles. The van der Waals surface area contributed by atoms with E-state index in [1.807, 2.05) is 6.92 Å². The van der Waals surface area contributed by atoms with Gasteiger partial charge in [-0.1, -0.05) is 12.1 Å². The van der Waals surface area contributed by atoms with E-state index in [1.54, 1.807) is 0 Å². The maximum Gasteiger partial charge on any atom is 0.358 e. The molecule has 1 amide bonds. The third kappa shape index (κ3) is 2.85. The normalized spacial score (nSPS) is 14.5. The molecule has 0 spiro atoms. The van der Waals surface area contributed by atoms with E-state index in [9.17, 15) is 9.59 Å². The third-order valence-corrected chi connectivity index (χ3v) is 2.95. The topological polar surface area (TPSA) is 97.1 Å². The molecule has 1 fully saturated rings. The second kappa shape index (κ2) is 5.16. The van der Waals surface area contributed by atoms with Crippen molar-refractivity contribution in [1.82, 2.24) is 20.3 Å². The van der Waals surface area contributed by atoms with Crippen LogP contribution in [-0.4, -0.2) is 38.5 Å². The summed E-state index contributed by atoms with van der Waals surface area (Å²) < 4.78 is 1.35. The monoisotopic (exact) mass is 252 g/mol. The van der Waals surface area contributed by atoms with Gasteiger partial charge in [0, 0.05) is 6.54 Å². The number of nitrogens with zero attached hydrogens (tertiary/aromatic N) is 3. The Morgan fingerprint density at radius 1 is 1.50 bits per heavy atom. The van der Waals surface area contributed by atoms with Gasteiger partial charge in [-0.05, 0) is 25.2 Å². The Labute approximate surface area is 104 Å². The van der Waals surface area contributed by atoms with Crippen LogP contribution in [0.3, 0.4) is 0 Å². The molecular weight excluding hydrogens is 236 g/mol. The number of carbonyl (C=O) groups is 2. The van der Waals surface area contributed by atoms with Gasteiger partial charge in [0.25, 0.3) is 0 Å². The molecule has 7 heteroatoms. The predicted octanol–water partition coefficient (Wildman–Crippen LogP) is 0.0649. The van der Waals surface area contributed by atoms with Gasteiger partial charge in [0.2, 0.25) is 5.91 Å². The summed E-state index contributed by atoms with van der Waals surface area (Å²) in [7, 11) is 0. The van der Waals surface area contributed by atoms with Crippen molar-refractivity contribution in [3.8, 4) is 0 Å². The van der Waals surface area contributed by atoms with E-state index in [2.05, 4.69) is 15.6 Å². The molecule has 1 saturated carbocycles. The second-order valence-corrected chi connectivity index (χ2v) is 4.45. The number of aromatic nitrogens is 3. The standard InChI is InChI=1S/C11H16N4O3/c1-2-8-10(11(17)18)13-14-15(8)6-9(16)12-5-7-3-4-7/h7H,2-6H2,1H3,(H,12,16)(H,17,18). The zero-order chi connectivity index (χ0) is 13.1. The fraction of sp³-hybridized carbons (Fsp3) is 0.636. The summed E-state index contributed by atoms with van der Waals surface area (Å²) >= 11 is 0. The number of hydrogen-bond donors (Lipinski definition) is 2. The van der Waals surface area contributed by atoms with Crippen LogP contribution in [0, 0.1) is 5.92 Å². The maximum atomic E-state index is 11.6. The lowest BCUT2D eigenvalue weighted by atomic mass is 10.2. The minimum Gasteiger partial charge on any atom is -0.476 e. The fourth-order valence-corrected chi connectivity index (χ4v) is 1.75. The van der Waals surface area contributed by atoms with E-state index in [-0.39, 0.29) is 18.1 Å². The van der Waals surface area contributed by atoms with Crippen molar-refractivity contribution in [3.63, 3.8) is 0 Å². The van der Waals surface area contributed by atoms with Crippen molar-refractivity contribution in [2.24, 2.45) is 5.92 Å². The summed E-state index contributed by atoms with van der Waals surface area (Å²) in [6.45, 7) is 2.53. The minimum atomic E-state index is -1.11. The molecule has 18 heavy (non-hydrogen) atoms. The number of carbonyl (C=O) groups excluding carboxylic acids is 1. The Morgan fingerprint density at radius 2 is 2.22 bits per heavy atom. The Kier molecular flexibility index (Phi) is 3.59. The van der Waals surface area contributed by atoms with Crippen LogP contribution in [0.25, 0.3) is 0 Å². The molecule has 1 aromatic rings. The van der Waals surface area contributed by atoms with E-state index < -0.39 is 5.97 Å². The predicted molar refractivity (Wildman–Crippen MR) is 62.1 cm³/mol. The quantitative estimate of drug-likeness (QED) is 0.746. The van der Waals surface area contributed by atoms with Gasteiger partial charge in [0.1, 0.15) is 6.54 Å². The first kappa shape index (κ1) is 12.5. The Bertz CT molecular complexity index is 465. The molecule has 1 heterocycles. The molecule has 1 aromatic heterocycles. The molecule has 2 rings (SSSR count). The van der Waals surface area contributed by atoms with Crippen molar-refractivity contribution in [2.45, 2.75) is 32.7 Å². The highest BCUT2D eigenvalue weighted by Gasteiger charge is 2.22. The average Bonchev–Trinajstić information content (AvgIpc) is 3.07. The van der Waals surface area contributed by atoms with Crippen molar-refractivity contribution in [2.75, 3.05) is 6.54 Å². The number of nitrogens with one attached hydrogen (secondary N) is 1. The van der Waals surface area contributed by atoms with Gasteiger partial charge >= 0.3 is 5.97 Å². The number of amides is 1. The highest BCUT2D eigenvalue weighted by Crippen LogP contribution is 2.27. The van der Waals surface area contributed by atoms with E-state index in [4.69, 9.17) is 5.11 Å². The van der Waals surface area contributed by atoms with Crippen LogP contribution < -0.4 is 5.32 Å². The van der Waals surface area contributed by atoms with Crippen molar-refractivity contribution in [1.29, 1.82) is 0 Å². The fourth-order valence-electron chi connectivity index (χ4n) is 1.75. The first-order chi connectivity index (χ1) is 8.61. The molecule has 1 aliphatic rings. The zero-order valence-electron chi connectivity index (χ0n) is 10.2. The van der Waals surface area contributed by atoms with Crippen molar-refractivity contribution >= 4 is 11.9 Å². The summed E-state index contributed by atoms with van der Waals surface area (Å²) in [5, 5.41) is 19.0. The maximum absolute atomic E-state index is 11.6. The molecule has 98 valence electrons. The summed E-state index contributed by atoms with van der Waals surface area (Å²) in [5.74, 6) is -0.653. The molecule has 0 atom stereocenters. The zero-order valence-corrected chi connectivity index (χ0v) is 10.2. The second-order valence-electron chi connectivity index (χ2n) is 4.45. The summed E-state index contributed by atoms with van der Waals surface area (Å²) in [6, 6.07) is 0. The average molecular weight is 252 g/mol. The van der Waals surface area contributed by atoms with Gasteiger partial charge in [-0.25, -0.2) is 9.48 Å². The van der Waals surface area contributed by atoms with Crippen LogP contribution in [-0.2, 0) is 17.8 Å². The number of hydrogen-bond acceptors (Lipinski definition) is 4. The Hall–Kier alpha value is -1.92. The van der Waals surface area contributed by atoms with Crippen LogP contribution in [0.5, 0.6) is 0 Å². The van der Waals surface area contributed by atoms with Gasteiger partial charge in [0.05, 0.1) is 5.69 Å². The molecule has 0 radical (unpaired) electrons. The first-order valence-electron chi connectivity index (χ1n) is 6.04. The molecule has 7 nitrogen and oxygen atoms in total. The van der Waals surface area contributed by atoms with Gasteiger partial charge in [-0.3, -0.25) is 4.79 Å². The van der Waals surface area contributed by atoms with Crippen molar-refractivity contribution in [3.05, 3.63) is 11.4 Å². The lowest BCUT2D eigenvalue weighted by molar-refractivity contribution is -0.121. The lowest BCUT2D eigenvalue weighted by Crippen LogP contribution is -2.30. The summed E-state index contributed by atoms with van der Waals surface area (Å²) in [4.78, 5) is 22.5. The lowest BCUT2D eigenvalue weighted by Gasteiger charge is -2.06. The molecule has 0 aliphatic heterocycles. The van der Waals surface area contributed by atoms with Gasteiger partial charge in [-0.2, -0.15) is 0 Å². The summed E-state index contributed by atoms with van der Waals surface area (Å²) in [5.41, 5.74) is 0.400. The highest BCUT2D eigenvalue weighted by atomic mass is 16.4. The van der Waals surface area contributed by atoms with Crippen LogP contribution in [0.2, 0.25) is 0 Å². The van der Waals surface area contributed by atoms with Gasteiger partial charge in [0.15, 0.2) is 5.69 Å². The molecule has 2 N–H and O–H groups in total. The van der Waals surface area contributed by atoms with E-state index in [0.29, 0.717) is 24.6 Å². The number of rotatable bonds is 6. The molecule has 0 unspecified atom stereocenters. The van der Waals surface area contributed by atoms with Crippen LogP contribution in [0.4, 0.5) is 0 Å². The first-order valence-corrected chi connectivity index (χ1v) is 6.04. The Balaban J connectivity index is 1.98. The molecule has 0 saturated heterocycles. The number of carboxylic acids is 1. The van der Waals surface area contributed by atoms with E-state index in [0.717, 1.165) is 0 Å². The SMILES string of the molecule is CCc1c(C(=O)O)nnn1CC(=O)NCC1CC1. The van der Waals surface area contributed by atoms with Crippen LogP contribution in [0.15, 0.2) is 0 Å².